The van der Waals surface area contributed by atoms with Gasteiger partial charge in [-0.15, -0.1) is 0 Å². The van der Waals surface area contributed by atoms with Crippen LogP contribution in [-0.4, -0.2) is 63.7 Å². The monoisotopic (exact) mass is 463 g/mol. The zero-order valence-electron chi connectivity index (χ0n) is 18.1. The lowest BCUT2D eigenvalue weighted by atomic mass is 9.83. The molecule has 1 fully saturated rings. The van der Waals surface area contributed by atoms with Crippen LogP contribution >= 0.6 is 0 Å². The highest BCUT2D eigenvalue weighted by Gasteiger charge is 2.36. The summed E-state index contributed by atoms with van der Waals surface area (Å²) >= 11 is -2.24. The van der Waals surface area contributed by atoms with E-state index in [1.807, 2.05) is 0 Å². The van der Waals surface area contributed by atoms with E-state index in [1.54, 1.807) is 35.8 Å². The molecule has 1 saturated heterocycles. The lowest BCUT2D eigenvalue weighted by molar-refractivity contribution is -0.137. The summed E-state index contributed by atoms with van der Waals surface area (Å²) in [6, 6.07) is 10.4. The van der Waals surface area contributed by atoms with E-state index in [0.717, 1.165) is 5.56 Å². The lowest BCUT2D eigenvalue weighted by Gasteiger charge is -2.39. The number of ether oxygens (including phenoxy) is 1. The van der Waals surface area contributed by atoms with E-state index < -0.39 is 16.7 Å². The van der Waals surface area contributed by atoms with Crippen molar-refractivity contribution >= 4 is 28.8 Å². The molecule has 2 aromatic carbocycles. The molecule has 1 atom stereocenters. The molecule has 1 aliphatic heterocycles. The number of anilines is 1. The van der Waals surface area contributed by atoms with E-state index in [1.165, 1.54) is 37.4 Å². The van der Waals surface area contributed by atoms with Crippen molar-refractivity contribution in [1.29, 1.82) is 0 Å². The first-order chi connectivity index (χ1) is 15.1. The molecule has 2 N–H and O–H groups in total. The van der Waals surface area contributed by atoms with Crippen LogP contribution in [0.25, 0.3) is 0 Å². The molecule has 1 unspecified atom stereocenters. The summed E-state index contributed by atoms with van der Waals surface area (Å²) in [5, 5.41) is 0. The highest BCUT2D eigenvalue weighted by molar-refractivity contribution is 7.80. The smallest absolute Gasteiger partial charge is 0.259 e. The van der Waals surface area contributed by atoms with Crippen LogP contribution in [0.2, 0.25) is 0 Å². The number of nitrogens with one attached hydrogen (secondary N) is 1. The molecule has 8 nitrogen and oxygen atoms in total. The van der Waals surface area contributed by atoms with E-state index in [4.69, 9.17) is 9.29 Å². The highest BCUT2D eigenvalue weighted by Crippen LogP contribution is 2.28. The van der Waals surface area contributed by atoms with Gasteiger partial charge in [0, 0.05) is 32.2 Å². The number of hydrogen-bond acceptors (Lipinski definition) is 4. The maximum atomic E-state index is 13.3. The van der Waals surface area contributed by atoms with Gasteiger partial charge in [0.25, 0.3) is 17.2 Å². The quantitative estimate of drug-likeness (QED) is 0.642. The molecule has 0 radical (unpaired) electrons. The standard InChI is InChI=1S/C22H26FN3O5S/c1-22(2,15-4-6-16(23)7-5-15)21(28)26-12-10-25(11-13-26)20(27)18-9-8-17(24-32(29)30)14-19(18)31-3/h4-9,14,24H,10-13H2,1-3H3,(H,29,30). The molecule has 1 heterocycles. The number of methoxy groups -OCH3 is 1. The second kappa shape index (κ2) is 9.66. The summed E-state index contributed by atoms with van der Waals surface area (Å²) in [4.78, 5) is 29.5. The zero-order chi connectivity index (χ0) is 23.5. The third-order valence-corrected chi connectivity index (χ3v) is 6.00. The van der Waals surface area contributed by atoms with Gasteiger partial charge >= 0.3 is 0 Å². The van der Waals surface area contributed by atoms with Gasteiger partial charge in [-0.2, -0.15) is 0 Å². The van der Waals surface area contributed by atoms with Crippen molar-refractivity contribution in [2.75, 3.05) is 38.0 Å². The van der Waals surface area contributed by atoms with Crippen molar-refractivity contribution in [3.63, 3.8) is 0 Å². The number of nitrogens with zero attached hydrogens (tertiary/aromatic N) is 2. The number of rotatable bonds is 6. The van der Waals surface area contributed by atoms with E-state index in [0.29, 0.717) is 37.4 Å². The van der Waals surface area contributed by atoms with E-state index in [9.17, 15) is 18.2 Å². The van der Waals surface area contributed by atoms with Crippen LogP contribution in [0.3, 0.4) is 0 Å². The third-order valence-electron chi connectivity index (χ3n) is 5.59. The first kappa shape index (κ1) is 23.7. The molecule has 0 spiro atoms. The Balaban J connectivity index is 1.67. The van der Waals surface area contributed by atoms with Crippen molar-refractivity contribution in [1.82, 2.24) is 9.80 Å². The van der Waals surface area contributed by atoms with E-state index >= 15 is 0 Å². The van der Waals surface area contributed by atoms with Crippen LogP contribution in [0.4, 0.5) is 10.1 Å². The Morgan fingerprint density at radius 2 is 1.66 bits per heavy atom. The van der Waals surface area contributed by atoms with Crippen molar-refractivity contribution < 1.29 is 27.5 Å². The molecule has 0 saturated carbocycles. The van der Waals surface area contributed by atoms with Crippen LogP contribution in [0, 0.1) is 5.82 Å². The normalized spacial score (nSPS) is 15.3. The van der Waals surface area contributed by atoms with Gasteiger partial charge < -0.3 is 14.5 Å². The molecular weight excluding hydrogens is 437 g/mol. The molecule has 3 rings (SSSR count). The molecule has 172 valence electrons. The maximum Gasteiger partial charge on any atom is 0.259 e. The number of carbonyl (C=O) groups excluding carboxylic acids is 2. The van der Waals surface area contributed by atoms with Gasteiger partial charge in [-0.05, 0) is 43.7 Å². The fourth-order valence-corrected chi connectivity index (χ4v) is 4.03. The first-order valence-corrected chi connectivity index (χ1v) is 11.1. The lowest BCUT2D eigenvalue weighted by Crippen LogP contribution is -2.54. The molecule has 0 aliphatic carbocycles. The number of carbonyl (C=O) groups is 2. The predicted molar refractivity (Wildman–Crippen MR) is 119 cm³/mol. The minimum Gasteiger partial charge on any atom is -0.496 e. The molecule has 10 heteroatoms. The van der Waals surface area contributed by atoms with Gasteiger partial charge in [-0.3, -0.25) is 18.9 Å². The third kappa shape index (κ3) is 5.08. The summed E-state index contributed by atoms with van der Waals surface area (Å²) in [6.07, 6.45) is 0. The predicted octanol–water partition coefficient (Wildman–Crippen LogP) is 2.65. The first-order valence-electron chi connectivity index (χ1n) is 10.0. The summed E-state index contributed by atoms with van der Waals surface area (Å²) in [5.41, 5.74) is 0.578. The SMILES string of the molecule is COc1cc(NS(=O)O)ccc1C(=O)N1CCN(C(=O)C(C)(C)c2ccc(F)cc2)CC1. The largest absolute Gasteiger partial charge is 0.496 e. The van der Waals surface area contributed by atoms with Crippen LogP contribution in [0.5, 0.6) is 5.75 Å². The van der Waals surface area contributed by atoms with Gasteiger partial charge in [0.1, 0.15) is 11.6 Å². The molecule has 2 amide bonds. The number of benzene rings is 2. The fourth-order valence-electron chi connectivity index (χ4n) is 3.70. The van der Waals surface area contributed by atoms with Gasteiger partial charge in [0.05, 0.1) is 23.8 Å². The van der Waals surface area contributed by atoms with E-state index in [-0.39, 0.29) is 23.4 Å². The van der Waals surface area contributed by atoms with Crippen LogP contribution in [-0.2, 0) is 21.5 Å². The van der Waals surface area contributed by atoms with Crippen molar-refractivity contribution in [2.45, 2.75) is 19.3 Å². The molecule has 1 aliphatic rings. The molecule has 0 aromatic heterocycles. The van der Waals surface area contributed by atoms with Gasteiger partial charge in [0.15, 0.2) is 0 Å². The number of amides is 2. The van der Waals surface area contributed by atoms with Crippen LogP contribution in [0.1, 0.15) is 29.8 Å². The fraction of sp³-hybridized carbons (Fsp3) is 0.364. The topological polar surface area (TPSA) is 99.2 Å². The Morgan fingerprint density at radius 1 is 1.06 bits per heavy atom. The number of halogens is 1. The number of hydrogen-bond donors (Lipinski definition) is 2. The Kier molecular flexibility index (Phi) is 7.15. The highest BCUT2D eigenvalue weighted by atomic mass is 32.2. The minimum atomic E-state index is -2.24. The summed E-state index contributed by atoms with van der Waals surface area (Å²) in [5.74, 6) is -0.404. The zero-order valence-corrected chi connectivity index (χ0v) is 18.9. The van der Waals surface area contributed by atoms with Crippen molar-refractivity contribution in [2.24, 2.45) is 0 Å². The van der Waals surface area contributed by atoms with Crippen molar-refractivity contribution in [3.8, 4) is 5.75 Å². The molecule has 32 heavy (non-hydrogen) atoms. The van der Waals surface area contributed by atoms with Gasteiger partial charge in [-0.25, -0.2) is 8.60 Å². The minimum absolute atomic E-state index is 0.0822. The maximum absolute atomic E-state index is 13.3. The summed E-state index contributed by atoms with van der Waals surface area (Å²) in [7, 11) is 1.42. The average Bonchev–Trinajstić information content (AvgIpc) is 2.78. The average molecular weight is 464 g/mol. The second-order valence-corrected chi connectivity index (χ2v) is 8.69. The van der Waals surface area contributed by atoms with Crippen molar-refractivity contribution in [3.05, 3.63) is 59.4 Å². The van der Waals surface area contributed by atoms with Gasteiger partial charge in [-0.1, -0.05) is 12.1 Å². The Labute approximate surface area is 188 Å². The molecule has 2 aromatic rings. The summed E-state index contributed by atoms with van der Waals surface area (Å²) < 4.78 is 40.8. The number of piperazine rings is 1. The Bertz CT molecular complexity index is 1020. The Morgan fingerprint density at radius 3 is 2.22 bits per heavy atom. The van der Waals surface area contributed by atoms with E-state index in [2.05, 4.69) is 4.72 Å². The van der Waals surface area contributed by atoms with Gasteiger partial charge in [0.2, 0.25) is 5.91 Å². The summed E-state index contributed by atoms with van der Waals surface area (Å²) in [6.45, 7) is 5.07. The van der Waals surface area contributed by atoms with Crippen LogP contribution < -0.4 is 9.46 Å². The molecule has 0 bridgehead atoms. The Hall–Kier alpha value is -2.98. The second-order valence-electron chi connectivity index (χ2n) is 7.98. The van der Waals surface area contributed by atoms with Crippen LogP contribution in [0.15, 0.2) is 42.5 Å². The molecular formula is C22H26FN3O5S.